The molecule has 1 unspecified atom stereocenters. The molecule has 1 aliphatic heterocycles. The molecule has 0 saturated heterocycles. The Bertz CT molecular complexity index is 968. The molecule has 142 valence electrons. The number of benzene rings is 2. The molecule has 0 fully saturated rings. The van der Waals surface area contributed by atoms with Gasteiger partial charge in [-0.15, -0.1) is 0 Å². The highest BCUT2D eigenvalue weighted by Crippen LogP contribution is 2.26. The Kier molecular flexibility index (Phi) is 5.32. The van der Waals surface area contributed by atoms with Crippen molar-refractivity contribution in [1.82, 2.24) is 4.90 Å². The number of carbonyl (C=O) groups excluding carboxylic acids is 2. The SMILES string of the molecule is Cc1ccc(NC(=O)C(CCS(C)(=O)=O)N2Cc3ccccc3C2=O)cc1. The van der Waals surface area contributed by atoms with Gasteiger partial charge in [0.25, 0.3) is 5.91 Å². The number of nitrogens with one attached hydrogen (secondary N) is 1. The van der Waals surface area contributed by atoms with Crippen molar-refractivity contribution in [2.24, 2.45) is 0 Å². The van der Waals surface area contributed by atoms with Gasteiger partial charge in [-0.2, -0.15) is 0 Å². The number of hydrogen-bond donors (Lipinski definition) is 1. The van der Waals surface area contributed by atoms with Crippen LogP contribution in [0.1, 0.15) is 27.9 Å². The maximum Gasteiger partial charge on any atom is 0.255 e. The summed E-state index contributed by atoms with van der Waals surface area (Å²) in [6.45, 7) is 2.24. The van der Waals surface area contributed by atoms with Gasteiger partial charge in [0, 0.05) is 24.1 Å². The summed E-state index contributed by atoms with van der Waals surface area (Å²) in [4.78, 5) is 27.1. The fourth-order valence-electron chi connectivity index (χ4n) is 3.15. The van der Waals surface area contributed by atoms with E-state index in [-0.39, 0.29) is 24.0 Å². The first kappa shape index (κ1) is 19.1. The first-order chi connectivity index (χ1) is 12.7. The summed E-state index contributed by atoms with van der Waals surface area (Å²) < 4.78 is 23.3. The topological polar surface area (TPSA) is 83.6 Å². The molecule has 0 aromatic heterocycles. The van der Waals surface area contributed by atoms with Gasteiger partial charge in [0.2, 0.25) is 5.91 Å². The fourth-order valence-corrected chi connectivity index (χ4v) is 3.80. The number of fused-ring (bicyclic) bond motifs is 1. The molecule has 1 atom stereocenters. The summed E-state index contributed by atoms with van der Waals surface area (Å²) in [5.74, 6) is -0.800. The Morgan fingerprint density at radius 1 is 1.15 bits per heavy atom. The average Bonchev–Trinajstić information content (AvgIpc) is 2.93. The van der Waals surface area contributed by atoms with Crippen molar-refractivity contribution in [3.05, 3.63) is 65.2 Å². The molecule has 0 aliphatic carbocycles. The zero-order valence-corrected chi connectivity index (χ0v) is 16.1. The summed E-state index contributed by atoms with van der Waals surface area (Å²) in [5, 5.41) is 2.80. The minimum absolute atomic E-state index is 0.0518. The van der Waals surface area contributed by atoms with E-state index >= 15 is 0 Å². The summed E-state index contributed by atoms with van der Waals surface area (Å²) in [6.07, 6.45) is 1.18. The van der Waals surface area contributed by atoms with Crippen LogP contribution in [0.15, 0.2) is 48.5 Å². The lowest BCUT2D eigenvalue weighted by Gasteiger charge is -2.26. The molecular formula is C20H22N2O4S. The summed E-state index contributed by atoms with van der Waals surface area (Å²) in [5.41, 5.74) is 3.07. The van der Waals surface area contributed by atoms with Crippen LogP contribution < -0.4 is 5.32 Å². The molecule has 2 aromatic rings. The monoisotopic (exact) mass is 386 g/mol. The van der Waals surface area contributed by atoms with Crippen molar-refractivity contribution in [2.45, 2.75) is 25.9 Å². The Hall–Kier alpha value is -2.67. The number of anilines is 1. The zero-order valence-electron chi connectivity index (χ0n) is 15.3. The molecule has 1 N–H and O–H groups in total. The second kappa shape index (κ2) is 7.52. The number of amides is 2. The first-order valence-corrected chi connectivity index (χ1v) is 10.7. The van der Waals surface area contributed by atoms with E-state index < -0.39 is 15.9 Å². The molecule has 0 radical (unpaired) electrons. The van der Waals surface area contributed by atoms with Crippen LogP contribution in [0.4, 0.5) is 5.69 Å². The summed E-state index contributed by atoms with van der Waals surface area (Å²) in [7, 11) is -3.26. The smallest absolute Gasteiger partial charge is 0.255 e. The third kappa shape index (κ3) is 4.54. The van der Waals surface area contributed by atoms with Crippen molar-refractivity contribution >= 4 is 27.3 Å². The van der Waals surface area contributed by atoms with Gasteiger partial charge in [-0.3, -0.25) is 9.59 Å². The van der Waals surface area contributed by atoms with Crippen molar-refractivity contribution in [2.75, 3.05) is 17.3 Å². The second-order valence-electron chi connectivity index (χ2n) is 6.88. The van der Waals surface area contributed by atoms with Crippen molar-refractivity contribution in [1.29, 1.82) is 0 Å². The number of carbonyl (C=O) groups is 2. The maximum atomic E-state index is 12.9. The van der Waals surface area contributed by atoms with Gasteiger partial charge in [-0.05, 0) is 37.1 Å². The molecule has 7 heteroatoms. The van der Waals surface area contributed by atoms with E-state index in [1.54, 1.807) is 24.3 Å². The van der Waals surface area contributed by atoms with E-state index in [4.69, 9.17) is 0 Å². The maximum absolute atomic E-state index is 12.9. The normalized spacial score (nSPS) is 14.7. The van der Waals surface area contributed by atoms with Gasteiger partial charge < -0.3 is 10.2 Å². The van der Waals surface area contributed by atoms with E-state index in [0.29, 0.717) is 17.8 Å². The predicted octanol–water partition coefficient (Wildman–Crippen LogP) is 2.39. The standard InChI is InChI=1S/C20H22N2O4S/c1-14-7-9-16(10-8-14)21-19(23)18(11-12-27(2,25)26)22-13-15-5-3-4-6-17(15)20(22)24/h3-10,18H,11-13H2,1-2H3,(H,21,23). The minimum atomic E-state index is -3.26. The van der Waals surface area contributed by atoms with E-state index in [9.17, 15) is 18.0 Å². The fraction of sp³-hybridized carbons (Fsp3) is 0.300. The van der Waals surface area contributed by atoms with Crippen molar-refractivity contribution in [3.63, 3.8) is 0 Å². The molecule has 1 heterocycles. The second-order valence-corrected chi connectivity index (χ2v) is 9.14. The molecular weight excluding hydrogens is 364 g/mol. The third-order valence-electron chi connectivity index (χ3n) is 4.61. The predicted molar refractivity (Wildman–Crippen MR) is 104 cm³/mol. The Labute approximate surface area is 159 Å². The first-order valence-electron chi connectivity index (χ1n) is 8.69. The Morgan fingerprint density at radius 2 is 1.81 bits per heavy atom. The lowest BCUT2D eigenvalue weighted by molar-refractivity contribution is -0.120. The lowest BCUT2D eigenvalue weighted by atomic mass is 10.1. The van der Waals surface area contributed by atoms with E-state index in [1.807, 2.05) is 31.2 Å². The van der Waals surface area contributed by atoms with Crippen molar-refractivity contribution < 1.29 is 18.0 Å². The molecule has 1 aliphatic rings. The summed E-state index contributed by atoms with van der Waals surface area (Å²) >= 11 is 0. The van der Waals surface area contributed by atoms with Gasteiger partial charge in [-0.1, -0.05) is 35.9 Å². The van der Waals surface area contributed by atoms with Crippen LogP contribution >= 0.6 is 0 Å². The molecule has 0 saturated carbocycles. The van der Waals surface area contributed by atoms with Crippen LogP contribution in [0.25, 0.3) is 0 Å². The molecule has 0 spiro atoms. The number of nitrogens with zero attached hydrogens (tertiary/aromatic N) is 1. The molecule has 0 bridgehead atoms. The third-order valence-corrected chi connectivity index (χ3v) is 5.59. The van der Waals surface area contributed by atoms with Gasteiger partial charge in [0.1, 0.15) is 15.9 Å². The quantitative estimate of drug-likeness (QED) is 0.826. The van der Waals surface area contributed by atoms with Crippen molar-refractivity contribution in [3.8, 4) is 0 Å². The van der Waals surface area contributed by atoms with Crippen LogP contribution in [0.2, 0.25) is 0 Å². The van der Waals surface area contributed by atoms with E-state index in [1.165, 1.54) is 4.90 Å². The number of sulfone groups is 1. The molecule has 2 amide bonds. The molecule has 6 nitrogen and oxygen atoms in total. The highest BCUT2D eigenvalue weighted by Gasteiger charge is 2.36. The van der Waals surface area contributed by atoms with Crippen LogP contribution in [0.5, 0.6) is 0 Å². The molecule has 27 heavy (non-hydrogen) atoms. The summed E-state index contributed by atoms with van der Waals surface area (Å²) in [6, 6.07) is 13.6. The highest BCUT2D eigenvalue weighted by atomic mass is 32.2. The number of aryl methyl sites for hydroxylation is 1. The van der Waals surface area contributed by atoms with Crippen LogP contribution in [-0.2, 0) is 21.2 Å². The van der Waals surface area contributed by atoms with Gasteiger partial charge >= 0.3 is 0 Å². The van der Waals surface area contributed by atoms with Gasteiger partial charge in [0.05, 0.1) is 5.75 Å². The largest absolute Gasteiger partial charge is 0.324 e. The van der Waals surface area contributed by atoms with Gasteiger partial charge in [-0.25, -0.2) is 8.42 Å². The highest BCUT2D eigenvalue weighted by molar-refractivity contribution is 7.90. The number of hydrogen-bond acceptors (Lipinski definition) is 4. The zero-order chi connectivity index (χ0) is 19.6. The molecule has 2 aromatic carbocycles. The number of rotatable bonds is 6. The van der Waals surface area contributed by atoms with E-state index in [2.05, 4.69) is 5.32 Å². The van der Waals surface area contributed by atoms with Gasteiger partial charge in [0.15, 0.2) is 0 Å². The van der Waals surface area contributed by atoms with Crippen LogP contribution in [0, 0.1) is 6.92 Å². The molecule has 3 rings (SSSR count). The lowest BCUT2D eigenvalue weighted by Crippen LogP contribution is -2.45. The Balaban J connectivity index is 1.84. The van der Waals surface area contributed by atoms with E-state index in [0.717, 1.165) is 17.4 Å². The van der Waals surface area contributed by atoms with Crippen LogP contribution in [0.3, 0.4) is 0 Å². The minimum Gasteiger partial charge on any atom is -0.324 e. The Morgan fingerprint density at radius 3 is 2.44 bits per heavy atom. The average molecular weight is 386 g/mol. The van der Waals surface area contributed by atoms with Crippen LogP contribution in [-0.4, -0.2) is 43.2 Å².